The lowest BCUT2D eigenvalue weighted by Gasteiger charge is -2.30. The molecule has 2 nitrogen and oxygen atoms in total. The molecule has 1 aliphatic heterocycles. The van der Waals surface area contributed by atoms with E-state index in [0.717, 1.165) is 12.1 Å². The summed E-state index contributed by atoms with van der Waals surface area (Å²) in [5.41, 5.74) is 6.48. The highest BCUT2D eigenvalue weighted by Crippen LogP contribution is 2.40. The standard InChI is InChI=1S/C17H23NO/c1-12-9-13(2)16(14(3)10-12)15-11-17(19-18-15)7-5-4-6-8-17/h9-10H,4-8,11H2,1-3H3. The largest absolute Gasteiger partial charge is 0.389 e. The van der Waals surface area contributed by atoms with E-state index in [1.54, 1.807) is 0 Å². The Morgan fingerprint density at radius 2 is 1.63 bits per heavy atom. The fourth-order valence-electron chi connectivity index (χ4n) is 3.76. The monoisotopic (exact) mass is 257 g/mol. The molecule has 2 aliphatic rings. The number of rotatable bonds is 1. The van der Waals surface area contributed by atoms with Gasteiger partial charge in [-0.1, -0.05) is 29.3 Å². The number of aryl methyl sites for hydroxylation is 3. The van der Waals surface area contributed by atoms with Crippen LogP contribution in [0.5, 0.6) is 0 Å². The van der Waals surface area contributed by atoms with Crippen LogP contribution in [0.1, 0.15) is 60.8 Å². The highest BCUT2D eigenvalue weighted by Gasteiger charge is 2.40. The molecule has 0 bridgehead atoms. The number of nitrogens with zero attached hydrogens (tertiary/aromatic N) is 1. The van der Waals surface area contributed by atoms with Crippen LogP contribution in [-0.4, -0.2) is 11.3 Å². The average Bonchev–Trinajstić information content (AvgIpc) is 2.72. The predicted molar refractivity (Wildman–Crippen MR) is 78.7 cm³/mol. The van der Waals surface area contributed by atoms with Crippen molar-refractivity contribution in [2.75, 3.05) is 0 Å². The van der Waals surface area contributed by atoms with Crippen LogP contribution in [0.4, 0.5) is 0 Å². The van der Waals surface area contributed by atoms with Crippen molar-refractivity contribution >= 4 is 5.71 Å². The van der Waals surface area contributed by atoms with Crippen LogP contribution in [0.25, 0.3) is 0 Å². The van der Waals surface area contributed by atoms with Crippen molar-refractivity contribution in [3.05, 3.63) is 34.4 Å². The minimum Gasteiger partial charge on any atom is -0.389 e. The lowest BCUT2D eigenvalue weighted by molar-refractivity contribution is -0.0449. The summed E-state index contributed by atoms with van der Waals surface area (Å²) >= 11 is 0. The predicted octanol–water partition coefficient (Wildman–Crippen LogP) is 4.44. The summed E-state index contributed by atoms with van der Waals surface area (Å²) in [5.74, 6) is 0. The minimum atomic E-state index is 0.0251. The molecule has 0 N–H and O–H groups in total. The van der Waals surface area contributed by atoms with E-state index >= 15 is 0 Å². The summed E-state index contributed by atoms with van der Waals surface area (Å²) in [6.07, 6.45) is 7.26. The average molecular weight is 257 g/mol. The molecule has 1 aromatic rings. The van der Waals surface area contributed by atoms with Crippen molar-refractivity contribution in [3.8, 4) is 0 Å². The zero-order valence-corrected chi connectivity index (χ0v) is 12.3. The van der Waals surface area contributed by atoms with Crippen LogP contribution in [0.15, 0.2) is 17.3 Å². The maximum absolute atomic E-state index is 5.88. The number of hydrogen-bond donors (Lipinski definition) is 0. The molecule has 1 spiro atoms. The second kappa shape index (κ2) is 4.66. The SMILES string of the molecule is Cc1cc(C)c(C2=NOC3(CCCCC3)C2)c(C)c1. The lowest BCUT2D eigenvalue weighted by Crippen LogP contribution is -2.31. The Bertz CT molecular complexity index is 501. The van der Waals surface area contributed by atoms with Gasteiger partial charge in [0.15, 0.2) is 0 Å². The van der Waals surface area contributed by atoms with E-state index in [4.69, 9.17) is 4.84 Å². The molecule has 102 valence electrons. The van der Waals surface area contributed by atoms with E-state index in [-0.39, 0.29) is 5.60 Å². The fraction of sp³-hybridized carbons (Fsp3) is 0.588. The first-order valence-corrected chi connectivity index (χ1v) is 7.43. The van der Waals surface area contributed by atoms with Crippen molar-refractivity contribution < 1.29 is 4.84 Å². The Labute approximate surface area is 115 Å². The fourth-order valence-corrected chi connectivity index (χ4v) is 3.76. The molecular weight excluding hydrogens is 234 g/mol. The van der Waals surface area contributed by atoms with Gasteiger partial charge in [-0.05, 0) is 57.6 Å². The molecule has 1 heterocycles. The van der Waals surface area contributed by atoms with Gasteiger partial charge < -0.3 is 4.84 Å². The Kier molecular flexibility index (Phi) is 3.12. The third-order valence-electron chi connectivity index (χ3n) is 4.57. The lowest BCUT2D eigenvalue weighted by atomic mass is 9.80. The summed E-state index contributed by atoms with van der Waals surface area (Å²) in [7, 11) is 0. The van der Waals surface area contributed by atoms with Crippen LogP contribution >= 0.6 is 0 Å². The van der Waals surface area contributed by atoms with Gasteiger partial charge in [-0.2, -0.15) is 0 Å². The highest BCUT2D eigenvalue weighted by molar-refractivity contribution is 6.04. The molecule has 0 amide bonds. The van der Waals surface area contributed by atoms with Crippen LogP contribution in [0, 0.1) is 20.8 Å². The quantitative estimate of drug-likeness (QED) is 0.729. The zero-order valence-electron chi connectivity index (χ0n) is 12.3. The number of hydrogen-bond acceptors (Lipinski definition) is 2. The van der Waals surface area contributed by atoms with Crippen LogP contribution in [-0.2, 0) is 4.84 Å². The molecule has 1 aliphatic carbocycles. The van der Waals surface area contributed by atoms with Crippen LogP contribution in [0.3, 0.4) is 0 Å². The van der Waals surface area contributed by atoms with Crippen molar-refractivity contribution in [2.45, 2.75) is 64.9 Å². The molecule has 2 heteroatoms. The van der Waals surface area contributed by atoms with Gasteiger partial charge in [0.1, 0.15) is 5.60 Å². The van der Waals surface area contributed by atoms with E-state index in [9.17, 15) is 0 Å². The zero-order chi connectivity index (χ0) is 13.5. The van der Waals surface area contributed by atoms with E-state index in [1.165, 1.54) is 54.4 Å². The van der Waals surface area contributed by atoms with Gasteiger partial charge in [0.25, 0.3) is 0 Å². The van der Waals surface area contributed by atoms with E-state index in [1.807, 2.05) is 0 Å². The summed E-state index contributed by atoms with van der Waals surface area (Å²) in [6.45, 7) is 6.52. The van der Waals surface area contributed by atoms with Gasteiger partial charge in [-0.3, -0.25) is 0 Å². The van der Waals surface area contributed by atoms with Gasteiger partial charge in [-0.15, -0.1) is 0 Å². The van der Waals surface area contributed by atoms with Gasteiger partial charge in [0.05, 0.1) is 5.71 Å². The Hall–Kier alpha value is -1.31. The molecule has 1 aromatic carbocycles. The Morgan fingerprint density at radius 3 is 2.26 bits per heavy atom. The van der Waals surface area contributed by atoms with Gasteiger partial charge in [0.2, 0.25) is 0 Å². The number of oxime groups is 1. The first-order chi connectivity index (χ1) is 9.10. The van der Waals surface area contributed by atoms with E-state index in [0.29, 0.717) is 0 Å². The summed E-state index contributed by atoms with van der Waals surface area (Å²) in [5, 5.41) is 4.45. The second-order valence-corrected chi connectivity index (χ2v) is 6.32. The Balaban J connectivity index is 1.89. The van der Waals surface area contributed by atoms with Crippen molar-refractivity contribution in [3.63, 3.8) is 0 Å². The van der Waals surface area contributed by atoms with Crippen LogP contribution in [0.2, 0.25) is 0 Å². The number of benzene rings is 1. The minimum absolute atomic E-state index is 0.0251. The first kappa shape index (κ1) is 12.7. The molecule has 19 heavy (non-hydrogen) atoms. The van der Waals surface area contributed by atoms with Gasteiger partial charge >= 0.3 is 0 Å². The van der Waals surface area contributed by atoms with Crippen molar-refractivity contribution in [2.24, 2.45) is 5.16 Å². The van der Waals surface area contributed by atoms with Gasteiger partial charge in [-0.25, -0.2) is 0 Å². The molecule has 0 saturated heterocycles. The van der Waals surface area contributed by atoms with E-state index in [2.05, 4.69) is 38.1 Å². The topological polar surface area (TPSA) is 21.6 Å². The normalized spacial score (nSPS) is 21.3. The van der Waals surface area contributed by atoms with E-state index < -0.39 is 0 Å². The molecule has 3 rings (SSSR count). The summed E-state index contributed by atoms with van der Waals surface area (Å²) < 4.78 is 0. The molecule has 0 radical (unpaired) electrons. The van der Waals surface area contributed by atoms with Crippen molar-refractivity contribution in [1.82, 2.24) is 0 Å². The third-order valence-corrected chi connectivity index (χ3v) is 4.57. The maximum atomic E-state index is 5.88. The molecule has 0 atom stereocenters. The second-order valence-electron chi connectivity index (χ2n) is 6.32. The Morgan fingerprint density at radius 1 is 1.00 bits per heavy atom. The van der Waals surface area contributed by atoms with Gasteiger partial charge in [0, 0.05) is 12.0 Å². The van der Waals surface area contributed by atoms with Crippen LogP contribution < -0.4 is 0 Å². The first-order valence-electron chi connectivity index (χ1n) is 7.43. The molecular formula is C17H23NO. The molecule has 1 saturated carbocycles. The molecule has 0 aromatic heterocycles. The smallest absolute Gasteiger partial charge is 0.143 e. The highest BCUT2D eigenvalue weighted by atomic mass is 16.7. The van der Waals surface area contributed by atoms with Crippen molar-refractivity contribution in [1.29, 1.82) is 0 Å². The molecule has 0 unspecified atom stereocenters. The molecule has 1 fully saturated rings. The third kappa shape index (κ3) is 2.29. The summed E-state index contributed by atoms with van der Waals surface area (Å²) in [4.78, 5) is 5.88. The summed E-state index contributed by atoms with van der Waals surface area (Å²) in [6, 6.07) is 4.49. The maximum Gasteiger partial charge on any atom is 0.143 e.